The normalized spacial score (nSPS) is 21.5. The molecule has 2 fully saturated rings. The van der Waals surface area contributed by atoms with Crippen LogP contribution in [-0.4, -0.2) is 51.7 Å². The molecule has 4 heterocycles. The largest absolute Gasteiger partial charge is 0.380 e. The number of carbonyl (C=O) groups excluding carboxylic acids is 3. The highest BCUT2D eigenvalue weighted by atomic mass is 16.5. The number of aromatic nitrogens is 2. The smallest absolute Gasteiger partial charge is 0.264 e. The number of fused-ring (bicyclic) bond motifs is 1. The van der Waals surface area contributed by atoms with Crippen molar-refractivity contribution in [1.29, 1.82) is 0 Å². The Morgan fingerprint density at radius 2 is 2.07 bits per heavy atom. The third kappa shape index (κ3) is 2.98. The predicted molar refractivity (Wildman–Crippen MR) is 107 cm³/mol. The lowest BCUT2D eigenvalue weighted by atomic mass is 10.0. The number of hydrogen-bond acceptors (Lipinski definition) is 6. The summed E-state index contributed by atoms with van der Waals surface area (Å²) in [6, 6.07) is 4.56. The van der Waals surface area contributed by atoms with Gasteiger partial charge in [0.2, 0.25) is 5.91 Å². The highest BCUT2D eigenvalue weighted by Gasteiger charge is 2.45. The van der Waals surface area contributed by atoms with E-state index in [1.165, 1.54) is 0 Å². The highest BCUT2D eigenvalue weighted by Crippen LogP contribution is 2.33. The number of allylic oxidation sites excluding steroid dienone is 1. The van der Waals surface area contributed by atoms with E-state index in [1.54, 1.807) is 24.4 Å². The minimum Gasteiger partial charge on any atom is -0.380 e. The van der Waals surface area contributed by atoms with E-state index < -0.39 is 17.9 Å². The van der Waals surface area contributed by atoms with Crippen LogP contribution >= 0.6 is 0 Å². The molecule has 2 saturated heterocycles. The average molecular weight is 407 g/mol. The fraction of sp³-hybridized carbons (Fsp3) is 0.333. The molecule has 0 radical (unpaired) electrons. The molecule has 1 aromatic heterocycles. The van der Waals surface area contributed by atoms with Crippen LogP contribution < -0.4 is 10.6 Å². The van der Waals surface area contributed by atoms with Gasteiger partial charge in [-0.2, -0.15) is 5.10 Å². The zero-order valence-electron chi connectivity index (χ0n) is 16.3. The fourth-order valence-electron chi connectivity index (χ4n) is 3.98. The molecule has 2 aromatic rings. The minimum atomic E-state index is -0.821. The number of nitrogens with zero attached hydrogens (tertiary/aromatic N) is 3. The Kier molecular flexibility index (Phi) is 4.39. The van der Waals surface area contributed by atoms with Gasteiger partial charge in [-0.15, -0.1) is 0 Å². The van der Waals surface area contributed by atoms with E-state index in [-0.39, 0.29) is 11.9 Å². The quantitative estimate of drug-likeness (QED) is 0.727. The number of anilines is 1. The van der Waals surface area contributed by atoms with Crippen LogP contribution in [0, 0.1) is 0 Å². The standard InChI is InChI=1S/C21H21N5O4/c1-12-5-6-17(19(27)24-12)26-20(28)15-3-2-4-16(18(15)21(26)29)22-7-13-8-23-25(9-13)14-10-30-11-14/h2-4,8-9,14,17,22H,1,5-7,10-11H2,(H,24,27). The Morgan fingerprint density at radius 1 is 1.23 bits per heavy atom. The molecule has 3 aliphatic heterocycles. The topological polar surface area (TPSA) is 106 Å². The first-order chi connectivity index (χ1) is 14.5. The van der Waals surface area contributed by atoms with Gasteiger partial charge in [0.15, 0.2) is 0 Å². The van der Waals surface area contributed by atoms with Gasteiger partial charge in [-0.3, -0.25) is 24.0 Å². The van der Waals surface area contributed by atoms with E-state index in [1.807, 2.05) is 10.9 Å². The summed E-state index contributed by atoms with van der Waals surface area (Å²) in [4.78, 5) is 39.5. The number of benzene rings is 1. The second-order valence-corrected chi connectivity index (χ2v) is 7.73. The maximum Gasteiger partial charge on any atom is 0.264 e. The van der Waals surface area contributed by atoms with Gasteiger partial charge in [0.25, 0.3) is 11.8 Å². The summed E-state index contributed by atoms with van der Waals surface area (Å²) in [7, 11) is 0. The second kappa shape index (κ2) is 7.10. The fourth-order valence-corrected chi connectivity index (χ4v) is 3.98. The average Bonchev–Trinajstić information content (AvgIpc) is 3.23. The van der Waals surface area contributed by atoms with Gasteiger partial charge in [-0.25, -0.2) is 0 Å². The molecule has 3 amide bonds. The van der Waals surface area contributed by atoms with Crippen molar-refractivity contribution in [3.8, 4) is 0 Å². The maximum absolute atomic E-state index is 13.1. The molecule has 2 N–H and O–H groups in total. The van der Waals surface area contributed by atoms with E-state index in [4.69, 9.17) is 4.74 Å². The van der Waals surface area contributed by atoms with E-state index in [0.717, 1.165) is 10.5 Å². The van der Waals surface area contributed by atoms with Crippen LogP contribution in [-0.2, 0) is 16.1 Å². The maximum atomic E-state index is 13.1. The number of ether oxygens (including phenoxy) is 1. The van der Waals surface area contributed by atoms with Crippen LogP contribution in [0.25, 0.3) is 0 Å². The summed E-state index contributed by atoms with van der Waals surface area (Å²) < 4.78 is 7.07. The van der Waals surface area contributed by atoms with Crippen molar-refractivity contribution in [1.82, 2.24) is 20.0 Å². The summed E-state index contributed by atoms with van der Waals surface area (Å²) >= 11 is 0. The summed E-state index contributed by atoms with van der Waals surface area (Å²) in [5.41, 5.74) is 2.74. The van der Waals surface area contributed by atoms with E-state index in [9.17, 15) is 14.4 Å². The molecular formula is C21H21N5O4. The van der Waals surface area contributed by atoms with Gasteiger partial charge >= 0.3 is 0 Å². The highest BCUT2D eigenvalue weighted by molar-refractivity contribution is 6.25. The molecule has 0 saturated carbocycles. The van der Waals surface area contributed by atoms with Gasteiger partial charge in [0, 0.05) is 29.7 Å². The molecule has 0 spiro atoms. The number of imide groups is 1. The summed E-state index contributed by atoms with van der Waals surface area (Å²) in [6.45, 7) is 5.53. The molecule has 1 atom stereocenters. The van der Waals surface area contributed by atoms with Crippen molar-refractivity contribution >= 4 is 23.4 Å². The Hall–Kier alpha value is -3.46. The van der Waals surface area contributed by atoms with E-state index >= 15 is 0 Å². The zero-order chi connectivity index (χ0) is 20.8. The number of nitrogens with one attached hydrogen (secondary N) is 2. The molecule has 154 valence electrons. The molecule has 0 aliphatic carbocycles. The van der Waals surface area contributed by atoms with E-state index in [2.05, 4.69) is 22.3 Å². The van der Waals surface area contributed by atoms with Crippen LogP contribution in [0.1, 0.15) is 45.2 Å². The Balaban J connectivity index is 1.36. The van der Waals surface area contributed by atoms with Crippen molar-refractivity contribution in [3.63, 3.8) is 0 Å². The first kappa shape index (κ1) is 18.6. The molecule has 3 aliphatic rings. The number of amides is 3. The van der Waals surface area contributed by atoms with Crippen molar-refractivity contribution in [2.24, 2.45) is 0 Å². The molecule has 9 heteroatoms. The van der Waals surface area contributed by atoms with Gasteiger partial charge in [0.05, 0.1) is 36.6 Å². The van der Waals surface area contributed by atoms with Crippen LogP contribution in [0.5, 0.6) is 0 Å². The predicted octanol–water partition coefficient (Wildman–Crippen LogP) is 1.45. The zero-order valence-corrected chi connectivity index (χ0v) is 16.3. The summed E-state index contributed by atoms with van der Waals surface area (Å²) in [5, 5.41) is 10.2. The van der Waals surface area contributed by atoms with Crippen molar-refractivity contribution in [3.05, 3.63) is 59.6 Å². The van der Waals surface area contributed by atoms with Crippen molar-refractivity contribution < 1.29 is 19.1 Å². The number of piperidine rings is 1. The van der Waals surface area contributed by atoms with Crippen LogP contribution in [0.3, 0.4) is 0 Å². The lowest BCUT2D eigenvalue weighted by Gasteiger charge is -2.29. The van der Waals surface area contributed by atoms with Crippen molar-refractivity contribution in [2.45, 2.75) is 31.5 Å². The van der Waals surface area contributed by atoms with Crippen LogP contribution in [0.2, 0.25) is 0 Å². The number of rotatable bonds is 5. The monoisotopic (exact) mass is 407 g/mol. The lowest BCUT2D eigenvalue weighted by Crippen LogP contribution is -2.51. The number of hydrogen-bond donors (Lipinski definition) is 2. The first-order valence-corrected chi connectivity index (χ1v) is 9.87. The third-order valence-electron chi connectivity index (χ3n) is 5.71. The molecular weight excluding hydrogens is 386 g/mol. The Bertz CT molecular complexity index is 1070. The number of carbonyl (C=O) groups is 3. The van der Waals surface area contributed by atoms with Gasteiger partial charge in [-0.1, -0.05) is 12.6 Å². The van der Waals surface area contributed by atoms with Crippen molar-refractivity contribution in [2.75, 3.05) is 18.5 Å². The van der Waals surface area contributed by atoms with Gasteiger partial charge < -0.3 is 15.4 Å². The van der Waals surface area contributed by atoms with E-state index in [0.29, 0.717) is 55.1 Å². The molecule has 30 heavy (non-hydrogen) atoms. The molecule has 1 unspecified atom stereocenters. The summed E-state index contributed by atoms with van der Waals surface area (Å²) in [5.74, 6) is -1.26. The second-order valence-electron chi connectivity index (χ2n) is 7.73. The Labute approximate surface area is 172 Å². The molecule has 1 aromatic carbocycles. The third-order valence-corrected chi connectivity index (χ3v) is 5.71. The summed E-state index contributed by atoms with van der Waals surface area (Å²) in [6.07, 6.45) is 4.63. The van der Waals surface area contributed by atoms with Crippen LogP contribution in [0.15, 0.2) is 42.9 Å². The molecule has 0 bridgehead atoms. The SMILES string of the molecule is C=C1CCC(N2C(=O)c3cccc(NCc4cnn(C5COC5)c4)c3C2=O)C(=O)N1. The van der Waals surface area contributed by atoms with Crippen LogP contribution in [0.4, 0.5) is 5.69 Å². The molecule has 5 rings (SSSR count). The Morgan fingerprint density at radius 3 is 2.80 bits per heavy atom. The molecule has 9 nitrogen and oxygen atoms in total. The van der Waals surface area contributed by atoms with Gasteiger partial charge in [0.1, 0.15) is 6.04 Å². The van der Waals surface area contributed by atoms with Gasteiger partial charge in [-0.05, 0) is 25.0 Å². The lowest BCUT2D eigenvalue weighted by molar-refractivity contribution is -0.125. The minimum absolute atomic E-state index is 0.269. The first-order valence-electron chi connectivity index (χ1n) is 9.87.